The summed E-state index contributed by atoms with van der Waals surface area (Å²) in [5.41, 5.74) is 5.87. The highest BCUT2D eigenvalue weighted by molar-refractivity contribution is 5.66. The van der Waals surface area contributed by atoms with E-state index in [0.29, 0.717) is 11.3 Å². The number of hydrogen-bond acceptors (Lipinski definition) is 3. The van der Waals surface area contributed by atoms with Gasteiger partial charge in [0.15, 0.2) is 0 Å². The average molecular weight is 485 g/mol. The Hall–Kier alpha value is -1.35. The Labute approximate surface area is 215 Å². The molecule has 0 amide bonds. The van der Waals surface area contributed by atoms with Gasteiger partial charge in [-0.3, -0.25) is 4.79 Å². The molecule has 0 heterocycles. The van der Waals surface area contributed by atoms with Crippen molar-refractivity contribution in [2.24, 2.45) is 29.1 Å². The first-order valence-corrected chi connectivity index (χ1v) is 14.5. The number of fused-ring (bicyclic) bond motifs is 1. The van der Waals surface area contributed by atoms with Gasteiger partial charge in [-0.1, -0.05) is 70.8 Å². The van der Waals surface area contributed by atoms with Crippen LogP contribution in [-0.4, -0.2) is 23.8 Å². The van der Waals surface area contributed by atoms with E-state index in [1.807, 2.05) is 0 Å². The van der Waals surface area contributed by atoms with Crippen LogP contribution in [0, 0.1) is 29.1 Å². The molecule has 3 nitrogen and oxygen atoms in total. The van der Waals surface area contributed by atoms with Crippen molar-refractivity contribution in [3.05, 3.63) is 34.9 Å². The number of carbonyl (C=O) groups excluding carboxylic acids is 1. The van der Waals surface area contributed by atoms with E-state index < -0.39 is 0 Å². The van der Waals surface area contributed by atoms with Crippen LogP contribution in [-0.2, 0) is 9.53 Å². The van der Waals surface area contributed by atoms with Crippen molar-refractivity contribution in [2.75, 3.05) is 6.61 Å². The second-order valence-corrected chi connectivity index (χ2v) is 12.5. The second kappa shape index (κ2) is 12.7. The van der Waals surface area contributed by atoms with E-state index in [9.17, 15) is 9.90 Å². The maximum Gasteiger partial charge on any atom is 0.302 e. The number of rotatable bonds is 10. The Morgan fingerprint density at radius 1 is 1.17 bits per heavy atom. The summed E-state index contributed by atoms with van der Waals surface area (Å²) in [5, 5.41) is 9.61. The summed E-state index contributed by atoms with van der Waals surface area (Å²) in [6, 6.07) is 0. The highest BCUT2D eigenvalue weighted by Gasteiger charge is 2.50. The van der Waals surface area contributed by atoms with Gasteiger partial charge in [0.05, 0.1) is 0 Å². The fourth-order valence-electron chi connectivity index (χ4n) is 7.69. The van der Waals surface area contributed by atoms with Gasteiger partial charge in [0.1, 0.15) is 6.10 Å². The summed E-state index contributed by atoms with van der Waals surface area (Å²) >= 11 is 0. The predicted molar refractivity (Wildman–Crippen MR) is 146 cm³/mol. The quantitative estimate of drug-likeness (QED) is 0.317. The minimum absolute atomic E-state index is 0.0466. The monoisotopic (exact) mass is 484 g/mol. The van der Waals surface area contributed by atoms with E-state index in [-0.39, 0.29) is 18.7 Å². The highest BCUT2D eigenvalue weighted by Crippen LogP contribution is 2.60. The van der Waals surface area contributed by atoms with Crippen molar-refractivity contribution in [2.45, 2.75) is 124 Å². The molecule has 1 N–H and O–H groups in total. The van der Waals surface area contributed by atoms with Crippen molar-refractivity contribution in [3.63, 3.8) is 0 Å². The molecule has 0 bridgehead atoms. The molecule has 3 aliphatic carbocycles. The van der Waals surface area contributed by atoms with Gasteiger partial charge in [-0.05, 0) is 98.0 Å². The maximum absolute atomic E-state index is 11.6. The van der Waals surface area contributed by atoms with Crippen molar-refractivity contribution in [1.82, 2.24) is 0 Å². The van der Waals surface area contributed by atoms with Gasteiger partial charge in [-0.15, -0.1) is 0 Å². The van der Waals surface area contributed by atoms with Crippen molar-refractivity contribution in [3.8, 4) is 0 Å². The number of esters is 1. The summed E-state index contributed by atoms with van der Waals surface area (Å²) in [4.78, 5) is 11.6. The van der Waals surface area contributed by atoms with E-state index in [0.717, 1.165) is 49.9 Å². The van der Waals surface area contributed by atoms with Crippen LogP contribution in [0.2, 0.25) is 0 Å². The van der Waals surface area contributed by atoms with Gasteiger partial charge in [0.2, 0.25) is 0 Å². The number of aliphatic hydroxyl groups excluding tert-OH is 1. The van der Waals surface area contributed by atoms with Gasteiger partial charge in [-0.2, -0.15) is 0 Å². The zero-order chi connectivity index (χ0) is 25.6. The van der Waals surface area contributed by atoms with Crippen LogP contribution >= 0.6 is 0 Å². The molecular formula is C32H52O3. The lowest BCUT2D eigenvalue weighted by Crippen LogP contribution is -2.36. The molecule has 0 aliphatic heterocycles. The summed E-state index contributed by atoms with van der Waals surface area (Å²) < 4.78 is 5.60. The summed E-state index contributed by atoms with van der Waals surface area (Å²) in [6.45, 7) is 15.9. The number of hydrogen-bond donors (Lipinski definition) is 1. The molecule has 0 saturated heterocycles. The summed E-state index contributed by atoms with van der Waals surface area (Å²) in [7, 11) is 0. The Morgan fingerprint density at radius 3 is 2.63 bits per heavy atom. The van der Waals surface area contributed by atoms with Crippen LogP contribution < -0.4 is 0 Å². The number of carbonyl (C=O) groups is 1. The predicted octanol–water partition coefficient (Wildman–Crippen LogP) is 8.33. The Kier molecular flexibility index (Phi) is 10.3. The van der Waals surface area contributed by atoms with E-state index in [1.54, 1.807) is 5.57 Å². The lowest BCUT2D eigenvalue weighted by Gasteiger charge is -2.44. The molecule has 0 radical (unpaired) electrons. The first-order valence-electron chi connectivity index (χ1n) is 14.5. The van der Waals surface area contributed by atoms with Gasteiger partial charge in [-0.25, -0.2) is 0 Å². The molecular weight excluding hydrogens is 432 g/mol. The average Bonchev–Trinajstić information content (AvgIpc) is 3.15. The van der Waals surface area contributed by atoms with Gasteiger partial charge in [0.25, 0.3) is 0 Å². The smallest absolute Gasteiger partial charge is 0.302 e. The van der Waals surface area contributed by atoms with Crippen molar-refractivity contribution in [1.29, 1.82) is 0 Å². The highest BCUT2D eigenvalue weighted by atomic mass is 16.5. The van der Waals surface area contributed by atoms with Crippen LogP contribution in [0.15, 0.2) is 34.9 Å². The molecule has 198 valence electrons. The fourth-order valence-corrected chi connectivity index (χ4v) is 7.69. The molecule has 3 rings (SSSR count). The zero-order valence-electron chi connectivity index (χ0n) is 23.3. The number of aliphatic hydroxyl groups is 1. The lowest BCUT2D eigenvalue weighted by atomic mass is 9.60. The molecule has 0 aromatic heterocycles. The van der Waals surface area contributed by atoms with E-state index in [2.05, 4.69) is 40.3 Å². The minimum atomic E-state index is -0.195. The molecule has 0 spiro atoms. The molecule has 3 heteroatoms. The first-order chi connectivity index (χ1) is 16.7. The van der Waals surface area contributed by atoms with Crippen LogP contribution in [0.1, 0.15) is 118 Å². The number of allylic oxidation sites excluding steroid dienone is 4. The SMILES string of the molecule is C=C1CC[C@H](OC(C)=O)C/C1=C(/C=C1\CCC[C@]2(C)[C@@H]([C@H](C)CCCC(C)C)CC[C@@H]12)CCCO. The summed E-state index contributed by atoms with van der Waals surface area (Å²) in [5.74, 6) is 2.92. The Balaban J connectivity index is 1.84. The van der Waals surface area contributed by atoms with E-state index >= 15 is 0 Å². The van der Waals surface area contributed by atoms with Crippen LogP contribution in [0.5, 0.6) is 0 Å². The molecule has 0 aromatic carbocycles. The lowest BCUT2D eigenvalue weighted by molar-refractivity contribution is -0.146. The zero-order valence-corrected chi connectivity index (χ0v) is 23.3. The standard InChI is InChI=1S/C32H52O3/c1-22(2)10-7-11-24(4)30-16-17-31-27(12-8-18-32(30,31)6)20-26(13-9-19-33)29-21-28(35-25(5)34)15-14-23(29)3/h20,22,24,28,30-31,33H,3,7-19,21H2,1-2,4-6H3/b27-20+,29-26-/t24-,28+,30-,31+,32-/m1/s1. The molecule has 0 aromatic rings. The van der Waals surface area contributed by atoms with Crippen LogP contribution in [0.3, 0.4) is 0 Å². The van der Waals surface area contributed by atoms with Crippen molar-refractivity contribution < 1.29 is 14.6 Å². The topological polar surface area (TPSA) is 46.5 Å². The van der Waals surface area contributed by atoms with Gasteiger partial charge >= 0.3 is 5.97 Å². The van der Waals surface area contributed by atoms with Gasteiger partial charge < -0.3 is 9.84 Å². The maximum atomic E-state index is 11.6. The summed E-state index contributed by atoms with van der Waals surface area (Å²) in [6.07, 6.45) is 17.2. The largest absolute Gasteiger partial charge is 0.462 e. The van der Waals surface area contributed by atoms with E-state index in [1.165, 1.54) is 75.0 Å². The molecule has 3 aliphatic rings. The third-order valence-corrected chi connectivity index (χ3v) is 9.48. The van der Waals surface area contributed by atoms with Crippen LogP contribution in [0.4, 0.5) is 0 Å². The molecule has 5 atom stereocenters. The first kappa shape index (κ1) is 28.2. The number of ether oxygens (including phenoxy) is 1. The molecule has 3 saturated carbocycles. The molecule has 3 fully saturated rings. The Bertz CT molecular complexity index is 804. The van der Waals surface area contributed by atoms with Crippen LogP contribution in [0.25, 0.3) is 0 Å². The molecule has 0 unspecified atom stereocenters. The molecule has 35 heavy (non-hydrogen) atoms. The Morgan fingerprint density at radius 2 is 1.94 bits per heavy atom. The fraction of sp³-hybridized carbons (Fsp3) is 0.781. The van der Waals surface area contributed by atoms with Gasteiger partial charge in [0, 0.05) is 20.0 Å². The minimum Gasteiger partial charge on any atom is -0.462 e. The second-order valence-electron chi connectivity index (χ2n) is 12.5. The third-order valence-electron chi connectivity index (χ3n) is 9.48. The third kappa shape index (κ3) is 7.12. The van der Waals surface area contributed by atoms with E-state index in [4.69, 9.17) is 4.74 Å². The van der Waals surface area contributed by atoms with Crippen molar-refractivity contribution >= 4 is 5.97 Å². The normalized spacial score (nSPS) is 32.6.